The van der Waals surface area contributed by atoms with Crippen LogP contribution in [0.25, 0.3) is 0 Å². The number of benzene rings is 2. The SMILES string of the molecule is COc1ccc(C(C)(C)C)cc1NC(=O)c1ccc(N2CCC[C@@H](C)C2)c([N+](=O)[O-])c1. The molecule has 0 radical (unpaired) electrons. The largest absolute Gasteiger partial charge is 0.495 e. The number of anilines is 2. The molecule has 2 aromatic rings. The van der Waals surface area contributed by atoms with Gasteiger partial charge in [-0.15, -0.1) is 0 Å². The summed E-state index contributed by atoms with van der Waals surface area (Å²) < 4.78 is 5.39. The Morgan fingerprint density at radius 1 is 1.23 bits per heavy atom. The number of hydrogen-bond acceptors (Lipinski definition) is 5. The van der Waals surface area contributed by atoms with E-state index in [-0.39, 0.29) is 16.7 Å². The van der Waals surface area contributed by atoms with Gasteiger partial charge in [-0.1, -0.05) is 33.8 Å². The monoisotopic (exact) mass is 425 g/mol. The summed E-state index contributed by atoms with van der Waals surface area (Å²) in [6.45, 7) is 9.98. The first-order chi connectivity index (χ1) is 14.6. The van der Waals surface area contributed by atoms with Gasteiger partial charge in [-0.05, 0) is 54.0 Å². The highest BCUT2D eigenvalue weighted by molar-refractivity contribution is 6.06. The molecule has 1 saturated heterocycles. The van der Waals surface area contributed by atoms with E-state index in [0.717, 1.165) is 31.5 Å². The standard InChI is InChI=1S/C24H31N3O4/c1-16-7-6-12-26(15-16)20-10-8-17(13-21(20)27(29)30)23(28)25-19-14-18(24(2,3)4)9-11-22(19)31-5/h8-11,13-14,16H,6-7,12,15H2,1-5H3,(H,25,28)/t16-/m1/s1. The number of ether oxygens (including phenoxy) is 1. The number of carbonyl (C=O) groups excluding carboxylic acids is 1. The predicted octanol–water partition coefficient (Wildman–Crippen LogP) is 5.39. The molecule has 7 heteroatoms. The lowest BCUT2D eigenvalue weighted by molar-refractivity contribution is -0.384. The first-order valence-corrected chi connectivity index (χ1v) is 10.6. The lowest BCUT2D eigenvalue weighted by Gasteiger charge is -2.32. The molecule has 166 valence electrons. The van der Waals surface area contributed by atoms with Crippen molar-refractivity contribution < 1.29 is 14.5 Å². The molecule has 1 aliphatic rings. The van der Waals surface area contributed by atoms with Crippen LogP contribution in [-0.4, -0.2) is 31.0 Å². The summed E-state index contributed by atoms with van der Waals surface area (Å²) in [5.74, 6) is 0.611. The summed E-state index contributed by atoms with van der Waals surface area (Å²) >= 11 is 0. The molecule has 0 unspecified atom stereocenters. The van der Waals surface area contributed by atoms with Gasteiger partial charge in [-0.25, -0.2) is 0 Å². The number of amides is 1. The minimum atomic E-state index is -0.411. The van der Waals surface area contributed by atoms with E-state index in [1.807, 2.05) is 23.1 Å². The zero-order valence-electron chi connectivity index (χ0n) is 18.9. The lowest BCUT2D eigenvalue weighted by Crippen LogP contribution is -2.34. The minimum Gasteiger partial charge on any atom is -0.495 e. The zero-order chi connectivity index (χ0) is 22.8. The molecule has 0 aliphatic carbocycles. The zero-order valence-corrected chi connectivity index (χ0v) is 18.9. The van der Waals surface area contributed by atoms with Crippen molar-refractivity contribution in [1.29, 1.82) is 0 Å². The van der Waals surface area contributed by atoms with Crippen molar-refractivity contribution in [2.45, 2.75) is 46.0 Å². The van der Waals surface area contributed by atoms with Crippen LogP contribution in [0.2, 0.25) is 0 Å². The van der Waals surface area contributed by atoms with Crippen LogP contribution in [0.15, 0.2) is 36.4 Å². The first-order valence-electron chi connectivity index (χ1n) is 10.6. The average Bonchev–Trinajstić information content (AvgIpc) is 2.72. The molecule has 0 spiro atoms. The Kier molecular flexibility index (Phi) is 6.53. The van der Waals surface area contributed by atoms with Gasteiger partial charge in [0.1, 0.15) is 11.4 Å². The van der Waals surface area contributed by atoms with Crippen LogP contribution in [0.3, 0.4) is 0 Å². The number of nitrogens with zero attached hydrogens (tertiary/aromatic N) is 2. The minimum absolute atomic E-state index is 0.0443. The van der Waals surface area contributed by atoms with Crippen LogP contribution in [0, 0.1) is 16.0 Å². The van der Waals surface area contributed by atoms with E-state index >= 15 is 0 Å². The highest BCUT2D eigenvalue weighted by atomic mass is 16.6. The molecule has 7 nitrogen and oxygen atoms in total. The molecule has 0 bridgehead atoms. The Morgan fingerprint density at radius 3 is 2.58 bits per heavy atom. The van der Waals surface area contributed by atoms with E-state index in [2.05, 4.69) is 33.0 Å². The number of nitrogens with one attached hydrogen (secondary N) is 1. The molecule has 31 heavy (non-hydrogen) atoms. The van der Waals surface area contributed by atoms with Gasteiger partial charge in [0.25, 0.3) is 11.6 Å². The fraction of sp³-hybridized carbons (Fsp3) is 0.458. The van der Waals surface area contributed by atoms with Crippen molar-refractivity contribution >= 4 is 23.0 Å². The molecule has 0 aromatic heterocycles. The molecular weight excluding hydrogens is 394 g/mol. The Morgan fingerprint density at radius 2 is 1.97 bits per heavy atom. The summed E-state index contributed by atoms with van der Waals surface area (Å²) in [6.07, 6.45) is 2.13. The van der Waals surface area contributed by atoms with Crippen LogP contribution in [0.4, 0.5) is 17.1 Å². The Labute approximate surface area is 183 Å². The second-order valence-corrected chi connectivity index (χ2v) is 9.27. The van der Waals surface area contributed by atoms with Gasteiger partial charge < -0.3 is 15.0 Å². The van der Waals surface area contributed by atoms with Crippen LogP contribution < -0.4 is 15.0 Å². The number of methoxy groups -OCH3 is 1. The molecule has 2 aromatic carbocycles. The van der Waals surface area contributed by atoms with E-state index in [0.29, 0.717) is 23.0 Å². The van der Waals surface area contributed by atoms with Gasteiger partial charge >= 0.3 is 0 Å². The van der Waals surface area contributed by atoms with E-state index in [4.69, 9.17) is 4.74 Å². The Hall–Kier alpha value is -3.09. The number of piperidine rings is 1. The van der Waals surface area contributed by atoms with Gasteiger partial charge in [-0.2, -0.15) is 0 Å². The number of carbonyl (C=O) groups is 1. The third-order valence-corrected chi connectivity index (χ3v) is 5.75. The summed E-state index contributed by atoms with van der Waals surface area (Å²) in [5.41, 5.74) is 2.25. The van der Waals surface area contributed by atoms with Gasteiger partial charge in [0, 0.05) is 24.7 Å². The normalized spacial score (nSPS) is 16.7. The third-order valence-electron chi connectivity index (χ3n) is 5.75. The summed E-state index contributed by atoms with van der Waals surface area (Å²) in [7, 11) is 1.54. The van der Waals surface area contributed by atoms with Crippen LogP contribution in [0.5, 0.6) is 5.75 Å². The van der Waals surface area contributed by atoms with Crippen molar-refractivity contribution in [3.8, 4) is 5.75 Å². The highest BCUT2D eigenvalue weighted by Gasteiger charge is 2.25. The maximum absolute atomic E-state index is 13.0. The lowest BCUT2D eigenvalue weighted by atomic mass is 9.87. The number of rotatable bonds is 5. The second kappa shape index (κ2) is 8.96. The summed E-state index contributed by atoms with van der Waals surface area (Å²) in [4.78, 5) is 26.4. The van der Waals surface area contributed by atoms with Crippen molar-refractivity contribution in [3.05, 3.63) is 57.6 Å². The van der Waals surface area contributed by atoms with Gasteiger partial charge in [-0.3, -0.25) is 14.9 Å². The van der Waals surface area contributed by atoms with Gasteiger partial charge in [0.2, 0.25) is 0 Å². The van der Waals surface area contributed by atoms with Crippen LogP contribution in [-0.2, 0) is 5.41 Å². The predicted molar refractivity (Wildman–Crippen MR) is 123 cm³/mol. The van der Waals surface area contributed by atoms with Gasteiger partial charge in [0.05, 0.1) is 17.7 Å². The molecule has 1 atom stereocenters. The third kappa shape index (κ3) is 5.16. The smallest absolute Gasteiger partial charge is 0.293 e. The van der Waals surface area contributed by atoms with Gasteiger partial charge in [0.15, 0.2) is 0 Å². The quantitative estimate of drug-likeness (QED) is 0.513. The maximum Gasteiger partial charge on any atom is 0.293 e. The van der Waals surface area contributed by atoms with Crippen molar-refractivity contribution in [3.63, 3.8) is 0 Å². The van der Waals surface area contributed by atoms with E-state index in [1.165, 1.54) is 6.07 Å². The van der Waals surface area contributed by atoms with E-state index in [9.17, 15) is 14.9 Å². The molecule has 1 aliphatic heterocycles. The average molecular weight is 426 g/mol. The highest BCUT2D eigenvalue weighted by Crippen LogP contribution is 2.34. The fourth-order valence-electron chi connectivity index (χ4n) is 3.95. The fourth-order valence-corrected chi connectivity index (χ4v) is 3.95. The van der Waals surface area contributed by atoms with Crippen molar-refractivity contribution in [2.24, 2.45) is 5.92 Å². The molecule has 1 amide bonds. The maximum atomic E-state index is 13.0. The van der Waals surface area contributed by atoms with E-state index < -0.39 is 10.8 Å². The molecule has 3 rings (SSSR count). The topological polar surface area (TPSA) is 84.7 Å². The molecule has 0 saturated carbocycles. The first kappa shape index (κ1) is 22.6. The number of hydrogen-bond donors (Lipinski definition) is 1. The molecule has 1 fully saturated rings. The number of nitro benzene ring substituents is 1. The molecular formula is C24H31N3O4. The van der Waals surface area contributed by atoms with Crippen molar-refractivity contribution in [1.82, 2.24) is 0 Å². The van der Waals surface area contributed by atoms with Crippen LogP contribution in [0.1, 0.15) is 56.5 Å². The summed E-state index contributed by atoms with van der Waals surface area (Å²) in [6, 6.07) is 10.4. The van der Waals surface area contributed by atoms with Crippen LogP contribution >= 0.6 is 0 Å². The second-order valence-electron chi connectivity index (χ2n) is 9.27. The number of nitro groups is 1. The Bertz CT molecular complexity index is 981. The molecule has 1 N–H and O–H groups in total. The summed E-state index contributed by atoms with van der Waals surface area (Å²) in [5, 5.41) is 14.6. The van der Waals surface area contributed by atoms with E-state index in [1.54, 1.807) is 19.2 Å². The van der Waals surface area contributed by atoms with Crippen molar-refractivity contribution in [2.75, 3.05) is 30.4 Å². The Balaban J connectivity index is 1.90. The molecule has 1 heterocycles.